The second-order valence-corrected chi connectivity index (χ2v) is 8.42. The van der Waals surface area contributed by atoms with Gasteiger partial charge in [0.15, 0.2) is 11.8 Å². The van der Waals surface area contributed by atoms with Gasteiger partial charge in [-0.1, -0.05) is 53.7 Å². The molecule has 1 aliphatic carbocycles. The van der Waals surface area contributed by atoms with Crippen molar-refractivity contribution in [2.24, 2.45) is 5.92 Å². The van der Waals surface area contributed by atoms with E-state index in [-0.39, 0.29) is 36.6 Å². The predicted molar refractivity (Wildman–Crippen MR) is 123 cm³/mol. The number of carboxylic acids is 1. The molecule has 2 atom stereocenters. The number of carboxylic acid groups (broad SMARTS) is 1. The zero-order valence-corrected chi connectivity index (χ0v) is 18.6. The number of aromatic nitrogens is 1. The van der Waals surface area contributed by atoms with E-state index in [1.807, 2.05) is 36.4 Å². The molecule has 2 heterocycles. The molecule has 3 aromatic rings. The van der Waals surface area contributed by atoms with Crippen molar-refractivity contribution < 1.29 is 33.5 Å². The highest BCUT2D eigenvalue weighted by Gasteiger charge is 2.34. The summed E-state index contributed by atoms with van der Waals surface area (Å²) in [6, 6.07) is 17.3. The molecule has 0 saturated carbocycles. The van der Waals surface area contributed by atoms with E-state index in [0.29, 0.717) is 13.0 Å². The molecule has 2 unspecified atom stereocenters. The van der Waals surface area contributed by atoms with Gasteiger partial charge in [-0.15, -0.1) is 0 Å². The standard InChI is InChI=1S/C25H23N3O7/c29-23(26-12-14-9-10-33-22(14)24(30)31)20-11-21(35-28-20)27-25(32)34-13-19-17-7-3-1-5-15(17)16-6-2-4-8-18(16)19/h1-8,11,14,19,22H,9-10,12-13H2,(H,26,29)(H,27,32)(H,30,31). The number of hydrogen-bond acceptors (Lipinski definition) is 7. The lowest BCUT2D eigenvalue weighted by Crippen LogP contribution is -2.36. The molecule has 1 aliphatic heterocycles. The number of amides is 2. The molecule has 3 N–H and O–H groups in total. The number of nitrogens with one attached hydrogen (secondary N) is 2. The lowest BCUT2D eigenvalue weighted by atomic mass is 9.98. The molecule has 10 heteroatoms. The second kappa shape index (κ2) is 9.59. The number of nitrogens with zero attached hydrogens (tertiary/aromatic N) is 1. The number of fused-ring (bicyclic) bond motifs is 3. The van der Waals surface area contributed by atoms with Crippen LogP contribution in [0.15, 0.2) is 59.1 Å². The van der Waals surface area contributed by atoms with Gasteiger partial charge in [0.1, 0.15) is 6.61 Å². The molecule has 2 aromatic carbocycles. The Hall–Kier alpha value is -4.18. The topological polar surface area (TPSA) is 140 Å². The minimum Gasteiger partial charge on any atom is -0.479 e. The number of rotatable bonds is 7. The molecule has 0 bridgehead atoms. The van der Waals surface area contributed by atoms with Gasteiger partial charge in [-0.2, -0.15) is 0 Å². The highest BCUT2D eigenvalue weighted by Crippen LogP contribution is 2.44. The van der Waals surface area contributed by atoms with Gasteiger partial charge in [-0.05, 0) is 28.7 Å². The number of benzene rings is 2. The summed E-state index contributed by atoms with van der Waals surface area (Å²) in [7, 11) is 0. The highest BCUT2D eigenvalue weighted by molar-refractivity contribution is 5.93. The van der Waals surface area contributed by atoms with Crippen LogP contribution in [0.3, 0.4) is 0 Å². The quantitative estimate of drug-likeness (QED) is 0.471. The third-order valence-corrected chi connectivity index (χ3v) is 6.29. The Morgan fingerprint density at radius 2 is 1.74 bits per heavy atom. The van der Waals surface area contributed by atoms with Crippen molar-refractivity contribution >= 4 is 23.9 Å². The fourth-order valence-electron chi connectivity index (χ4n) is 4.61. The summed E-state index contributed by atoms with van der Waals surface area (Å²) in [5.41, 5.74) is 4.39. The maximum Gasteiger partial charge on any atom is 0.414 e. The van der Waals surface area contributed by atoms with Gasteiger partial charge in [0.2, 0.25) is 5.88 Å². The molecule has 35 heavy (non-hydrogen) atoms. The Labute approximate surface area is 200 Å². The number of carbonyl (C=O) groups excluding carboxylic acids is 2. The van der Waals surface area contributed by atoms with Crippen LogP contribution in [0.4, 0.5) is 10.7 Å². The molecular formula is C25H23N3O7. The van der Waals surface area contributed by atoms with Crippen LogP contribution in [0.25, 0.3) is 11.1 Å². The van der Waals surface area contributed by atoms with Gasteiger partial charge < -0.3 is 24.4 Å². The molecule has 10 nitrogen and oxygen atoms in total. The Bertz CT molecular complexity index is 1230. The van der Waals surface area contributed by atoms with Crippen molar-refractivity contribution in [2.45, 2.75) is 18.4 Å². The lowest BCUT2D eigenvalue weighted by molar-refractivity contribution is -0.149. The van der Waals surface area contributed by atoms with Crippen LogP contribution < -0.4 is 10.6 Å². The van der Waals surface area contributed by atoms with E-state index in [4.69, 9.17) is 19.1 Å². The molecule has 2 aliphatic rings. The van der Waals surface area contributed by atoms with E-state index < -0.39 is 24.1 Å². The van der Waals surface area contributed by atoms with Gasteiger partial charge in [0.25, 0.3) is 5.91 Å². The third-order valence-electron chi connectivity index (χ3n) is 6.29. The summed E-state index contributed by atoms with van der Waals surface area (Å²) in [5.74, 6) is -2.07. The summed E-state index contributed by atoms with van der Waals surface area (Å²) < 4.78 is 15.7. The van der Waals surface area contributed by atoms with Crippen molar-refractivity contribution in [1.82, 2.24) is 10.5 Å². The van der Waals surface area contributed by atoms with E-state index in [9.17, 15) is 14.4 Å². The normalized spacial score (nSPS) is 18.5. The third kappa shape index (κ3) is 4.60. The average molecular weight is 477 g/mol. The predicted octanol–water partition coefficient (Wildman–Crippen LogP) is 3.26. The van der Waals surface area contributed by atoms with E-state index in [1.54, 1.807) is 0 Å². The number of aliphatic carboxylic acids is 1. The van der Waals surface area contributed by atoms with Gasteiger partial charge in [0, 0.05) is 31.1 Å². The minimum atomic E-state index is -1.06. The van der Waals surface area contributed by atoms with Crippen LogP contribution in [0.5, 0.6) is 0 Å². The summed E-state index contributed by atoms with van der Waals surface area (Å²) in [5, 5.41) is 17.9. The molecule has 5 rings (SSSR count). The van der Waals surface area contributed by atoms with Crippen molar-refractivity contribution in [1.29, 1.82) is 0 Å². The highest BCUT2D eigenvalue weighted by atomic mass is 16.6. The van der Waals surface area contributed by atoms with Crippen molar-refractivity contribution in [2.75, 3.05) is 25.1 Å². The number of hydrogen-bond donors (Lipinski definition) is 3. The summed E-state index contributed by atoms with van der Waals surface area (Å²) in [4.78, 5) is 35.9. The Morgan fingerprint density at radius 1 is 1.06 bits per heavy atom. The van der Waals surface area contributed by atoms with Crippen molar-refractivity contribution in [3.8, 4) is 11.1 Å². The molecular weight excluding hydrogens is 454 g/mol. The Morgan fingerprint density at radius 3 is 2.43 bits per heavy atom. The van der Waals surface area contributed by atoms with E-state index >= 15 is 0 Å². The fraction of sp³-hybridized carbons (Fsp3) is 0.280. The number of anilines is 1. The monoisotopic (exact) mass is 477 g/mol. The first kappa shape index (κ1) is 22.6. The van der Waals surface area contributed by atoms with Crippen molar-refractivity contribution in [3.63, 3.8) is 0 Å². The number of ether oxygens (including phenoxy) is 2. The number of carbonyl (C=O) groups is 3. The van der Waals surface area contributed by atoms with Crippen molar-refractivity contribution in [3.05, 3.63) is 71.4 Å². The minimum absolute atomic E-state index is 0.0417. The lowest BCUT2D eigenvalue weighted by Gasteiger charge is -2.14. The van der Waals surface area contributed by atoms with Crippen LogP contribution in [0.2, 0.25) is 0 Å². The first-order valence-electron chi connectivity index (χ1n) is 11.2. The first-order valence-corrected chi connectivity index (χ1v) is 11.2. The smallest absolute Gasteiger partial charge is 0.414 e. The molecule has 0 spiro atoms. The van der Waals surface area contributed by atoms with Crippen LogP contribution in [-0.2, 0) is 14.3 Å². The second-order valence-electron chi connectivity index (χ2n) is 8.42. The molecule has 1 fully saturated rings. The maximum absolute atomic E-state index is 12.4. The summed E-state index contributed by atoms with van der Waals surface area (Å²) in [6.07, 6.45) is -1.15. The Balaban J connectivity index is 1.15. The van der Waals surface area contributed by atoms with Crippen LogP contribution in [0.1, 0.15) is 34.0 Å². The maximum atomic E-state index is 12.4. The fourth-order valence-corrected chi connectivity index (χ4v) is 4.61. The van der Waals surface area contributed by atoms with Gasteiger partial charge >= 0.3 is 12.1 Å². The average Bonchev–Trinajstić information content (AvgIpc) is 3.59. The largest absolute Gasteiger partial charge is 0.479 e. The van der Waals surface area contributed by atoms with Crippen LogP contribution in [-0.4, -0.2) is 54.1 Å². The first-order chi connectivity index (χ1) is 17.0. The summed E-state index contributed by atoms with van der Waals surface area (Å²) in [6.45, 7) is 0.586. The SMILES string of the molecule is O=C(Nc1cc(C(=O)NCC2CCOC2C(=O)O)no1)OCC1c2ccccc2-c2ccccc21. The van der Waals surface area contributed by atoms with Gasteiger partial charge in [-0.3, -0.25) is 10.1 Å². The summed E-state index contributed by atoms with van der Waals surface area (Å²) >= 11 is 0. The Kier molecular flexibility index (Phi) is 6.19. The van der Waals surface area contributed by atoms with Crippen LogP contribution >= 0.6 is 0 Å². The van der Waals surface area contributed by atoms with Crippen LogP contribution in [0, 0.1) is 5.92 Å². The van der Waals surface area contributed by atoms with E-state index in [1.165, 1.54) is 6.07 Å². The molecule has 0 radical (unpaired) electrons. The molecule has 2 amide bonds. The molecule has 1 saturated heterocycles. The van der Waals surface area contributed by atoms with E-state index in [2.05, 4.69) is 27.9 Å². The van der Waals surface area contributed by atoms with Gasteiger partial charge in [-0.25, -0.2) is 9.59 Å². The van der Waals surface area contributed by atoms with E-state index in [0.717, 1.165) is 22.3 Å². The molecule has 1 aromatic heterocycles. The van der Waals surface area contributed by atoms with Gasteiger partial charge in [0.05, 0.1) is 0 Å². The zero-order valence-electron chi connectivity index (χ0n) is 18.6. The zero-order chi connectivity index (χ0) is 24.4. The molecule has 180 valence electrons.